The molecule has 0 aromatic carbocycles. The van der Waals surface area contributed by atoms with Crippen LogP contribution in [0.25, 0.3) is 0 Å². The highest BCUT2D eigenvalue weighted by molar-refractivity contribution is 7.91. The number of anilines is 2. The maximum atomic E-state index is 11.8. The van der Waals surface area contributed by atoms with E-state index in [0.717, 1.165) is 5.69 Å². The second-order valence-electron chi connectivity index (χ2n) is 6.78. The Morgan fingerprint density at radius 1 is 1.12 bits per heavy atom. The Bertz CT molecular complexity index is 854. The van der Waals surface area contributed by atoms with Gasteiger partial charge in [-0.25, -0.2) is 21.8 Å². The summed E-state index contributed by atoms with van der Waals surface area (Å²) in [5.41, 5.74) is 0.757. The van der Waals surface area contributed by atoms with Crippen LogP contribution in [-0.4, -0.2) is 68.4 Å². The van der Waals surface area contributed by atoms with Crippen molar-refractivity contribution in [3.8, 4) is 0 Å². The van der Waals surface area contributed by atoms with Crippen LogP contribution in [0, 0.1) is 6.92 Å². The Kier molecular flexibility index (Phi) is 4.93. The molecular formula is C15H24N4O4S2. The molecule has 2 fully saturated rings. The van der Waals surface area contributed by atoms with Gasteiger partial charge in [-0.3, -0.25) is 0 Å². The molecule has 0 amide bonds. The minimum atomic E-state index is -2.99. The first-order valence-electron chi connectivity index (χ1n) is 8.47. The van der Waals surface area contributed by atoms with E-state index in [-0.39, 0.29) is 35.1 Å². The van der Waals surface area contributed by atoms with Crippen LogP contribution >= 0.6 is 0 Å². The van der Waals surface area contributed by atoms with E-state index in [1.54, 1.807) is 6.07 Å². The third-order valence-corrected chi connectivity index (χ3v) is 8.19. The minimum Gasteiger partial charge on any atom is -0.366 e. The lowest BCUT2D eigenvalue weighted by molar-refractivity contribution is 0.598. The van der Waals surface area contributed by atoms with E-state index >= 15 is 0 Å². The molecule has 1 aromatic heterocycles. The van der Waals surface area contributed by atoms with Crippen LogP contribution in [-0.2, 0) is 19.7 Å². The fraction of sp³-hybridized carbons (Fsp3) is 0.733. The van der Waals surface area contributed by atoms with E-state index in [1.807, 2.05) is 18.7 Å². The van der Waals surface area contributed by atoms with Crippen LogP contribution in [0.4, 0.5) is 11.8 Å². The van der Waals surface area contributed by atoms with Gasteiger partial charge in [0.2, 0.25) is 5.95 Å². The van der Waals surface area contributed by atoms with Gasteiger partial charge < -0.3 is 10.2 Å². The van der Waals surface area contributed by atoms with E-state index in [1.165, 1.54) is 0 Å². The first-order chi connectivity index (χ1) is 11.7. The van der Waals surface area contributed by atoms with E-state index in [9.17, 15) is 16.8 Å². The van der Waals surface area contributed by atoms with Crippen molar-refractivity contribution in [1.29, 1.82) is 0 Å². The Morgan fingerprint density at radius 2 is 1.80 bits per heavy atom. The number of nitrogens with zero attached hydrogens (tertiary/aromatic N) is 3. The van der Waals surface area contributed by atoms with Crippen LogP contribution in [0.2, 0.25) is 0 Å². The lowest BCUT2D eigenvalue weighted by atomic mass is 10.2. The van der Waals surface area contributed by atoms with Crippen LogP contribution in [0.1, 0.15) is 25.5 Å². The summed E-state index contributed by atoms with van der Waals surface area (Å²) in [6.07, 6.45) is 1.15. The summed E-state index contributed by atoms with van der Waals surface area (Å²) < 4.78 is 46.8. The zero-order valence-corrected chi connectivity index (χ0v) is 16.1. The molecule has 2 aliphatic heterocycles. The highest BCUT2D eigenvalue weighted by atomic mass is 32.2. The van der Waals surface area contributed by atoms with E-state index in [4.69, 9.17) is 0 Å². The predicted octanol–water partition coefficient (Wildman–Crippen LogP) is 0.397. The average molecular weight is 389 g/mol. The summed E-state index contributed by atoms with van der Waals surface area (Å²) in [5, 5.41) is 3.19. The highest BCUT2D eigenvalue weighted by Crippen LogP contribution is 2.24. The molecule has 2 saturated heterocycles. The van der Waals surface area contributed by atoms with Crippen molar-refractivity contribution < 1.29 is 16.8 Å². The Balaban J connectivity index is 1.80. The summed E-state index contributed by atoms with van der Waals surface area (Å²) in [6, 6.07) is 1.53. The number of rotatable bonds is 5. The zero-order chi connectivity index (χ0) is 18.2. The van der Waals surface area contributed by atoms with Crippen molar-refractivity contribution in [3.05, 3.63) is 11.8 Å². The molecule has 2 atom stereocenters. The van der Waals surface area contributed by atoms with Gasteiger partial charge in [0.15, 0.2) is 19.7 Å². The van der Waals surface area contributed by atoms with Crippen molar-refractivity contribution in [3.63, 3.8) is 0 Å². The quantitative estimate of drug-likeness (QED) is 0.772. The zero-order valence-electron chi connectivity index (χ0n) is 14.5. The van der Waals surface area contributed by atoms with Gasteiger partial charge in [0.25, 0.3) is 0 Å². The monoisotopic (exact) mass is 388 g/mol. The topological polar surface area (TPSA) is 109 Å². The molecule has 10 heteroatoms. The van der Waals surface area contributed by atoms with Crippen molar-refractivity contribution in [1.82, 2.24) is 9.97 Å². The van der Waals surface area contributed by atoms with Crippen LogP contribution in [0.3, 0.4) is 0 Å². The molecule has 2 aliphatic rings. The molecule has 1 aromatic rings. The second-order valence-corrected chi connectivity index (χ2v) is 11.2. The molecule has 1 N–H and O–H groups in total. The number of aryl methyl sites for hydroxylation is 1. The summed E-state index contributed by atoms with van der Waals surface area (Å²) >= 11 is 0. The minimum absolute atomic E-state index is 0.114. The number of aromatic nitrogens is 2. The molecule has 8 nitrogen and oxygen atoms in total. The molecule has 2 unspecified atom stereocenters. The van der Waals surface area contributed by atoms with Crippen molar-refractivity contribution >= 4 is 31.4 Å². The van der Waals surface area contributed by atoms with Crippen molar-refractivity contribution in [2.75, 3.05) is 39.8 Å². The molecule has 0 radical (unpaired) electrons. The molecule has 0 saturated carbocycles. The Hall–Kier alpha value is -1.42. The molecule has 140 valence electrons. The third kappa shape index (κ3) is 4.41. The maximum absolute atomic E-state index is 11.8. The van der Waals surface area contributed by atoms with Gasteiger partial charge in [0.05, 0.1) is 23.0 Å². The van der Waals surface area contributed by atoms with Crippen LogP contribution in [0.5, 0.6) is 0 Å². The Labute approximate surface area is 148 Å². The molecular weight excluding hydrogens is 364 g/mol. The maximum Gasteiger partial charge on any atom is 0.227 e. The van der Waals surface area contributed by atoms with Gasteiger partial charge in [0.1, 0.15) is 5.82 Å². The van der Waals surface area contributed by atoms with E-state index < -0.39 is 19.7 Å². The van der Waals surface area contributed by atoms with Gasteiger partial charge >= 0.3 is 0 Å². The molecule has 0 bridgehead atoms. The number of nitrogens with one attached hydrogen (secondary N) is 1. The normalized spacial score (nSPS) is 27.3. The largest absolute Gasteiger partial charge is 0.366 e. The summed E-state index contributed by atoms with van der Waals surface area (Å²) in [4.78, 5) is 10.9. The number of sulfone groups is 2. The van der Waals surface area contributed by atoms with E-state index in [0.29, 0.717) is 31.2 Å². The first kappa shape index (κ1) is 18.4. The molecule has 0 spiro atoms. The van der Waals surface area contributed by atoms with E-state index in [2.05, 4.69) is 15.3 Å². The van der Waals surface area contributed by atoms with Crippen molar-refractivity contribution in [2.24, 2.45) is 0 Å². The number of hydrogen-bond acceptors (Lipinski definition) is 8. The highest BCUT2D eigenvalue weighted by Gasteiger charge is 2.33. The lowest BCUT2D eigenvalue weighted by Gasteiger charge is -2.27. The summed E-state index contributed by atoms with van der Waals surface area (Å²) in [5.74, 6) is 1.72. The van der Waals surface area contributed by atoms with Crippen molar-refractivity contribution in [2.45, 2.75) is 38.8 Å². The summed E-state index contributed by atoms with van der Waals surface area (Å²) in [6.45, 7) is 4.41. The van der Waals surface area contributed by atoms with Gasteiger partial charge in [0, 0.05) is 30.4 Å². The fourth-order valence-electron chi connectivity index (χ4n) is 3.46. The summed E-state index contributed by atoms with van der Waals surface area (Å²) in [7, 11) is -5.96. The lowest BCUT2D eigenvalue weighted by Crippen LogP contribution is -2.37. The molecule has 3 rings (SSSR count). The van der Waals surface area contributed by atoms with Gasteiger partial charge in [-0.15, -0.1) is 0 Å². The van der Waals surface area contributed by atoms with Gasteiger partial charge in [-0.2, -0.15) is 4.98 Å². The Morgan fingerprint density at radius 3 is 2.36 bits per heavy atom. The average Bonchev–Trinajstić information content (AvgIpc) is 3.01. The first-order valence-corrected chi connectivity index (χ1v) is 12.1. The second kappa shape index (κ2) is 6.71. The predicted molar refractivity (Wildman–Crippen MR) is 97.5 cm³/mol. The third-order valence-electron chi connectivity index (χ3n) is 4.67. The molecule has 3 heterocycles. The van der Waals surface area contributed by atoms with Crippen LogP contribution < -0.4 is 10.2 Å². The fourth-order valence-corrected chi connectivity index (χ4v) is 6.86. The van der Waals surface area contributed by atoms with Gasteiger partial charge in [-0.05, 0) is 26.7 Å². The van der Waals surface area contributed by atoms with Crippen LogP contribution in [0.15, 0.2) is 6.07 Å². The molecule has 0 aliphatic carbocycles. The SMILES string of the molecule is CCN(c1nc(C)cc(NC2CCS(=O)(=O)C2)n1)C1CCS(=O)(=O)C1. The van der Waals surface area contributed by atoms with Gasteiger partial charge in [-0.1, -0.05) is 0 Å². The number of hydrogen-bond donors (Lipinski definition) is 1. The standard InChI is InChI=1S/C15H24N4O4S2/c1-3-19(13-5-7-25(22,23)10-13)15-16-11(2)8-14(18-15)17-12-4-6-24(20,21)9-12/h8,12-13H,3-7,9-10H2,1-2H3,(H,16,17,18). The molecule has 25 heavy (non-hydrogen) atoms. The smallest absolute Gasteiger partial charge is 0.227 e.